The van der Waals surface area contributed by atoms with Gasteiger partial charge in [0.15, 0.2) is 6.10 Å². The van der Waals surface area contributed by atoms with E-state index in [2.05, 4.69) is 5.32 Å². The topological polar surface area (TPSA) is 64.6 Å². The molecular formula is C22H20F3NO4. The standard InChI is InChI=1S/C22H20F3NO4/c1-14(21(28)26-18-11-12-29-19-8-3-2-7-17(18)19)30-20(27)10-9-15-5-4-6-16(13-15)22(23,24)25/h2-10,13-14,18H,11-12H2,1H3,(H,26,28)/b10-9+. The van der Waals surface area contributed by atoms with Gasteiger partial charge in [-0.2, -0.15) is 13.2 Å². The molecule has 2 unspecified atom stereocenters. The Morgan fingerprint density at radius 3 is 2.73 bits per heavy atom. The molecular weight excluding hydrogens is 399 g/mol. The Hall–Kier alpha value is -3.29. The van der Waals surface area contributed by atoms with E-state index in [9.17, 15) is 22.8 Å². The summed E-state index contributed by atoms with van der Waals surface area (Å²) in [6.07, 6.45) is -2.77. The first kappa shape index (κ1) is 21.4. The summed E-state index contributed by atoms with van der Waals surface area (Å²) < 4.78 is 48.9. The van der Waals surface area contributed by atoms with E-state index in [0.29, 0.717) is 18.8 Å². The van der Waals surface area contributed by atoms with Crippen LogP contribution >= 0.6 is 0 Å². The van der Waals surface area contributed by atoms with Crippen LogP contribution in [-0.2, 0) is 20.5 Å². The Labute approximate surface area is 171 Å². The van der Waals surface area contributed by atoms with Crippen LogP contribution in [0.4, 0.5) is 13.2 Å². The molecule has 0 radical (unpaired) electrons. The minimum Gasteiger partial charge on any atom is -0.493 e. The predicted octanol–water partition coefficient (Wildman–Crippen LogP) is 4.29. The van der Waals surface area contributed by atoms with Gasteiger partial charge in [0, 0.05) is 18.1 Å². The van der Waals surface area contributed by atoms with Crippen molar-refractivity contribution in [2.45, 2.75) is 31.7 Å². The molecule has 0 fully saturated rings. The fraction of sp³-hybridized carbons (Fsp3) is 0.273. The molecule has 0 bridgehead atoms. The van der Waals surface area contributed by atoms with Crippen LogP contribution in [0.2, 0.25) is 0 Å². The molecule has 2 atom stereocenters. The molecule has 2 aromatic rings. The van der Waals surface area contributed by atoms with E-state index < -0.39 is 29.7 Å². The first-order chi connectivity index (χ1) is 14.2. The third kappa shape index (κ3) is 5.40. The number of benzene rings is 2. The number of hydrogen-bond donors (Lipinski definition) is 1. The number of ether oxygens (including phenoxy) is 2. The highest BCUT2D eigenvalue weighted by atomic mass is 19.4. The smallest absolute Gasteiger partial charge is 0.416 e. The molecule has 3 rings (SSSR count). The molecule has 30 heavy (non-hydrogen) atoms. The number of alkyl halides is 3. The highest BCUT2D eigenvalue weighted by Gasteiger charge is 2.30. The average molecular weight is 419 g/mol. The number of esters is 1. The Morgan fingerprint density at radius 1 is 1.20 bits per heavy atom. The minimum absolute atomic E-state index is 0.192. The molecule has 1 amide bonds. The molecule has 0 aliphatic carbocycles. The fourth-order valence-corrected chi connectivity index (χ4v) is 3.03. The van der Waals surface area contributed by atoms with Crippen LogP contribution in [0, 0.1) is 0 Å². The van der Waals surface area contributed by atoms with Gasteiger partial charge in [-0.1, -0.05) is 30.3 Å². The van der Waals surface area contributed by atoms with Crippen LogP contribution in [0.25, 0.3) is 6.08 Å². The lowest BCUT2D eigenvalue weighted by Crippen LogP contribution is -2.39. The molecule has 8 heteroatoms. The largest absolute Gasteiger partial charge is 0.493 e. The molecule has 2 aromatic carbocycles. The van der Waals surface area contributed by atoms with Gasteiger partial charge in [0.1, 0.15) is 5.75 Å². The molecule has 0 saturated heterocycles. The maximum Gasteiger partial charge on any atom is 0.416 e. The van der Waals surface area contributed by atoms with Crippen molar-refractivity contribution in [1.82, 2.24) is 5.32 Å². The summed E-state index contributed by atoms with van der Waals surface area (Å²) in [5, 5.41) is 2.83. The van der Waals surface area contributed by atoms with Crippen LogP contribution in [0.5, 0.6) is 5.75 Å². The third-order valence-corrected chi connectivity index (χ3v) is 4.56. The molecule has 0 spiro atoms. The zero-order chi connectivity index (χ0) is 21.7. The van der Waals surface area contributed by atoms with Crippen molar-refractivity contribution >= 4 is 18.0 Å². The summed E-state index contributed by atoms with van der Waals surface area (Å²) in [6, 6.07) is 11.6. The number of hydrogen-bond acceptors (Lipinski definition) is 4. The van der Waals surface area contributed by atoms with E-state index in [1.54, 1.807) is 0 Å². The Balaban J connectivity index is 1.57. The molecule has 1 N–H and O–H groups in total. The van der Waals surface area contributed by atoms with Crippen LogP contribution in [0.1, 0.15) is 36.1 Å². The monoisotopic (exact) mass is 419 g/mol. The van der Waals surface area contributed by atoms with Gasteiger partial charge in [0.05, 0.1) is 18.2 Å². The average Bonchev–Trinajstić information content (AvgIpc) is 2.72. The van der Waals surface area contributed by atoms with Crippen molar-refractivity contribution in [3.05, 3.63) is 71.3 Å². The second-order valence-electron chi connectivity index (χ2n) is 6.77. The summed E-state index contributed by atoms with van der Waals surface area (Å²) in [5.41, 5.74) is 0.222. The number of halogens is 3. The van der Waals surface area contributed by atoms with E-state index in [0.717, 1.165) is 23.8 Å². The number of carbonyl (C=O) groups is 2. The van der Waals surface area contributed by atoms with Gasteiger partial charge in [0.25, 0.3) is 5.91 Å². The van der Waals surface area contributed by atoms with Gasteiger partial charge < -0.3 is 14.8 Å². The predicted molar refractivity (Wildman–Crippen MR) is 103 cm³/mol. The molecule has 5 nitrogen and oxygen atoms in total. The van der Waals surface area contributed by atoms with Gasteiger partial charge in [-0.15, -0.1) is 0 Å². The quantitative estimate of drug-likeness (QED) is 0.580. The maximum atomic E-state index is 12.7. The van der Waals surface area contributed by atoms with Gasteiger partial charge in [0.2, 0.25) is 0 Å². The summed E-state index contributed by atoms with van der Waals surface area (Å²) in [7, 11) is 0. The lowest BCUT2D eigenvalue weighted by Gasteiger charge is -2.27. The third-order valence-electron chi connectivity index (χ3n) is 4.56. The fourth-order valence-electron chi connectivity index (χ4n) is 3.03. The van der Waals surface area contributed by atoms with Gasteiger partial charge >= 0.3 is 12.1 Å². The van der Waals surface area contributed by atoms with E-state index in [4.69, 9.17) is 9.47 Å². The lowest BCUT2D eigenvalue weighted by atomic mass is 10.0. The number of amides is 1. The van der Waals surface area contributed by atoms with Crippen LogP contribution in [-0.4, -0.2) is 24.6 Å². The lowest BCUT2D eigenvalue weighted by molar-refractivity contribution is -0.150. The second kappa shape index (κ2) is 9.02. The first-order valence-electron chi connectivity index (χ1n) is 9.32. The molecule has 0 aromatic heterocycles. The molecule has 0 saturated carbocycles. The van der Waals surface area contributed by atoms with Gasteiger partial charge in [-0.3, -0.25) is 4.79 Å². The summed E-state index contributed by atoms with van der Waals surface area (Å²) in [5.74, 6) is -0.609. The van der Waals surface area contributed by atoms with Crippen LogP contribution in [0.3, 0.4) is 0 Å². The van der Waals surface area contributed by atoms with Crippen LogP contribution < -0.4 is 10.1 Å². The minimum atomic E-state index is -4.47. The summed E-state index contributed by atoms with van der Waals surface area (Å²) in [6.45, 7) is 1.88. The van der Waals surface area contributed by atoms with Crippen molar-refractivity contribution in [3.8, 4) is 5.75 Å². The Bertz CT molecular complexity index is 955. The Kier molecular flexibility index (Phi) is 6.44. The van der Waals surface area contributed by atoms with Crippen molar-refractivity contribution in [1.29, 1.82) is 0 Å². The van der Waals surface area contributed by atoms with Gasteiger partial charge in [-0.05, 0) is 36.8 Å². The van der Waals surface area contributed by atoms with Crippen molar-refractivity contribution < 1.29 is 32.2 Å². The Morgan fingerprint density at radius 2 is 1.97 bits per heavy atom. The second-order valence-corrected chi connectivity index (χ2v) is 6.77. The highest BCUT2D eigenvalue weighted by Crippen LogP contribution is 2.32. The van der Waals surface area contributed by atoms with Crippen LogP contribution in [0.15, 0.2) is 54.6 Å². The zero-order valence-corrected chi connectivity index (χ0v) is 16.1. The molecule has 158 valence electrons. The summed E-state index contributed by atoms with van der Waals surface area (Å²) in [4.78, 5) is 24.4. The van der Waals surface area contributed by atoms with E-state index in [-0.39, 0.29) is 11.6 Å². The van der Waals surface area contributed by atoms with Gasteiger partial charge in [-0.25, -0.2) is 4.79 Å². The number of carbonyl (C=O) groups excluding carboxylic acids is 2. The maximum absolute atomic E-state index is 12.7. The first-order valence-corrected chi connectivity index (χ1v) is 9.32. The normalized spacial score (nSPS) is 17.0. The highest BCUT2D eigenvalue weighted by molar-refractivity contribution is 5.90. The van der Waals surface area contributed by atoms with E-state index >= 15 is 0 Å². The number of fused-ring (bicyclic) bond motifs is 1. The summed E-state index contributed by atoms with van der Waals surface area (Å²) >= 11 is 0. The van der Waals surface area contributed by atoms with Crippen molar-refractivity contribution in [2.24, 2.45) is 0 Å². The van der Waals surface area contributed by atoms with E-state index in [1.807, 2.05) is 24.3 Å². The van der Waals surface area contributed by atoms with Crippen molar-refractivity contribution in [2.75, 3.05) is 6.61 Å². The SMILES string of the molecule is CC(OC(=O)/C=C/c1cccc(C(F)(F)F)c1)C(=O)NC1CCOc2ccccc21. The molecule has 1 aliphatic heterocycles. The van der Waals surface area contributed by atoms with E-state index in [1.165, 1.54) is 25.1 Å². The van der Waals surface area contributed by atoms with Crippen molar-refractivity contribution in [3.63, 3.8) is 0 Å². The molecule has 1 aliphatic rings. The molecule has 1 heterocycles. The number of para-hydroxylation sites is 1. The zero-order valence-electron chi connectivity index (χ0n) is 16.1. The number of nitrogens with one attached hydrogen (secondary N) is 1. The number of rotatable bonds is 5.